The molecule has 4 rings (SSSR count). The summed E-state index contributed by atoms with van der Waals surface area (Å²) < 4.78 is 27.9. The van der Waals surface area contributed by atoms with Crippen LogP contribution in [0.1, 0.15) is 48.6 Å². The summed E-state index contributed by atoms with van der Waals surface area (Å²) >= 11 is 0. The largest absolute Gasteiger partial charge is 0.452 e. The van der Waals surface area contributed by atoms with E-state index >= 15 is 0 Å². The molecule has 1 N–H and O–H groups in total. The molecular weight excluding hydrogens is 410 g/mol. The van der Waals surface area contributed by atoms with Crippen LogP contribution in [0.5, 0.6) is 0 Å². The fourth-order valence-corrected chi connectivity index (χ4v) is 5.38. The molecule has 0 spiro atoms. The van der Waals surface area contributed by atoms with Crippen LogP contribution >= 0.6 is 0 Å². The Morgan fingerprint density at radius 2 is 1.63 bits per heavy atom. The Bertz CT molecular complexity index is 1200. The van der Waals surface area contributed by atoms with Crippen LogP contribution in [0.15, 0.2) is 42.5 Å². The van der Waals surface area contributed by atoms with E-state index < -0.39 is 40.1 Å². The van der Waals surface area contributed by atoms with Gasteiger partial charge in [-0.1, -0.05) is 36.4 Å². The molecule has 2 aliphatic rings. The third-order valence-corrected chi connectivity index (χ3v) is 6.87. The lowest BCUT2D eigenvalue weighted by Crippen LogP contribution is -2.38. The molecule has 0 aromatic heterocycles. The smallest absolute Gasteiger partial charge is 0.339 e. The van der Waals surface area contributed by atoms with E-state index in [9.17, 15) is 27.6 Å². The first-order valence-corrected chi connectivity index (χ1v) is 11.1. The van der Waals surface area contributed by atoms with Gasteiger partial charge in [0.1, 0.15) is 0 Å². The standard InChI is InChI=1S/C21H17NO7S/c23-17(22-12-8-9-30(27,28)11-12)10-29-21(26)16-7-3-6-15-18(16)20(25)14-5-2-1-4-13(14)19(15)24/h1-7,12H,8-11H2,(H,22,23)/t12-/m0/s1. The number of carbonyl (C=O) groups is 4. The molecule has 1 aliphatic carbocycles. The van der Waals surface area contributed by atoms with Crippen molar-refractivity contribution in [2.45, 2.75) is 12.5 Å². The number of ketones is 2. The van der Waals surface area contributed by atoms with E-state index in [0.717, 1.165) is 0 Å². The minimum atomic E-state index is -3.15. The second-order valence-electron chi connectivity index (χ2n) is 7.18. The van der Waals surface area contributed by atoms with Crippen molar-refractivity contribution in [3.8, 4) is 0 Å². The number of rotatable bonds is 4. The molecule has 9 heteroatoms. The third-order valence-electron chi connectivity index (χ3n) is 5.10. The monoisotopic (exact) mass is 427 g/mol. The maximum absolute atomic E-state index is 12.9. The highest BCUT2D eigenvalue weighted by atomic mass is 32.2. The molecule has 1 amide bonds. The van der Waals surface area contributed by atoms with Crippen LogP contribution in [-0.2, 0) is 19.4 Å². The number of amides is 1. The van der Waals surface area contributed by atoms with E-state index in [1.54, 1.807) is 18.2 Å². The van der Waals surface area contributed by atoms with Crippen LogP contribution in [0, 0.1) is 0 Å². The van der Waals surface area contributed by atoms with Gasteiger partial charge in [-0.15, -0.1) is 0 Å². The molecule has 1 aliphatic heterocycles. The topological polar surface area (TPSA) is 124 Å². The van der Waals surface area contributed by atoms with Crippen molar-refractivity contribution in [1.29, 1.82) is 0 Å². The van der Waals surface area contributed by atoms with Crippen molar-refractivity contribution in [2.75, 3.05) is 18.1 Å². The van der Waals surface area contributed by atoms with Crippen molar-refractivity contribution in [2.24, 2.45) is 0 Å². The summed E-state index contributed by atoms with van der Waals surface area (Å²) in [7, 11) is -3.15. The van der Waals surface area contributed by atoms with E-state index in [2.05, 4.69) is 5.32 Å². The lowest BCUT2D eigenvalue weighted by Gasteiger charge is -2.19. The number of hydrogen-bond acceptors (Lipinski definition) is 7. The number of fused-ring (bicyclic) bond motifs is 2. The van der Waals surface area contributed by atoms with Gasteiger partial charge < -0.3 is 10.1 Å². The predicted molar refractivity (Wildman–Crippen MR) is 105 cm³/mol. The number of nitrogens with one attached hydrogen (secondary N) is 1. The second kappa shape index (κ2) is 7.49. The second-order valence-corrected chi connectivity index (χ2v) is 9.40. The lowest BCUT2D eigenvalue weighted by molar-refractivity contribution is -0.124. The van der Waals surface area contributed by atoms with E-state index in [0.29, 0.717) is 6.42 Å². The maximum Gasteiger partial charge on any atom is 0.339 e. The quantitative estimate of drug-likeness (QED) is 0.614. The Morgan fingerprint density at radius 1 is 0.967 bits per heavy atom. The van der Waals surface area contributed by atoms with Crippen molar-refractivity contribution >= 4 is 33.3 Å². The van der Waals surface area contributed by atoms with E-state index in [4.69, 9.17) is 4.74 Å². The third kappa shape index (κ3) is 3.63. The Hall–Kier alpha value is -3.33. The summed E-state index contributed by atoms with van der Waals surface area (Å²) in [5.74, 6) is -2.52. The minimum Gasteiger partial charge on any atom is -0.452 e. The fraction of sp³-hybridized carbons (Fsp3) is 0.238. The average Bonchev–Trinajstić information content (AvgIpc) is 3.07. The number of ether oxygens (including phenoxy) is 1. The summed E-state index contributed by atoms with van der Waals surface area (Å²) in [6, 6.07) is 10.1. The number of sulfone groups is 1. The number of hydrogen-bond donors (Lipinski definition) is 1. The predicted octanol–water partition coefficient (Wildman–Crippen LogP) is 0.922. The zero-order valence-electron chi connectivity index (χ0n) is 15.7. The van der Waals surface area contributed by atoms with Gasteiger partial charge in [-0.2, -0.15) is 0 Å². The first-order valence-electron chi connectivity index (χ1n) is 9.25. The van der Waals surface area contributed by atoms with Crippen LogP contribution < -0.4 is 5.32 Å². The highest BCUT2D eigenvalue weighted by Gasteiger charge is 2.33. The van der Waals surface area contributed by atoms with Crippen LogP contribution in [-0.4, -0.2) is 56.0 Å². The van der Waals surface area contributed by atoms with Crippen LogP contribution in [0.25, 0.3) is 0 Å². The van der Waals surface area contributed by atoms with E-state index in [1.807, 2.05) is 0 Å². The summed E-state index contributed by atoms with van der Waals surface area (Å²) in [6.07, 6.45) is 0.310. The number of benzene rings is 2. The molecule has 0 bridgehead atoms. The molecular formula is C21H17NO7S. The number of carbonyl (C=O) groups excluding carboxylic acids is 4. The minimum absolute atomic E-state index is 0.00546. The van der Waals surface area contributed by atoms with Crippen molar-refractivity contribution in [3.05, 3.63) is 70.3 Å². The molecule has 154 valence electrons. The molecule has 1 atom stereocenters. The first-order chi connectivity index (χ1) is 14.3. The molecule has 0 radical (unpaired) electrons. The van der Waals surface area contributed by atoms with E-state index in [-0.39, 0.29) is 45.1 Å². The Labute approximate surface area is 172 Å². The summed E-state index contributed by atoms with van der Waals surface area (Å²) in [5.41, 5.74) is 0.431. The van der Waals surface area contributed by atoms with Gasteiger partial charge in [0.15, 0.2) is 28.0 Å². The van der Waals surface area contributed by atoms with Gasteiger partial charge in [-0.3, -0.25) is 14.4 Å². The average molecular weight is 427 g/mol. The van der Waals surface area contributed by atoms with Crippen molar-refractivity contribution in [3.63, 3.8) is 0 Å². The van der Waals surface area contributed by atoms with Crippen molar-refractivity contribution in [1.82, 2.24) is 5.32 Å². The Balaban J connectivity index is 1.50. The molecule has 1 saturated heterocycles. The summed E-state index contributed by atoms with van der Waals surface area (Å²) in [4.78, 5) is 50.2. The first kappa shape index (κ1) is 20.0. The van der Waals surface area contributed by atoms with Crippen molar-refractivity contribution < 1.29 is 32.3 Å². The van der Waals surface area contributed by atoms with Gasteiger partial charge in [-0.05, 0) is 12.5 Å². The zero-order chi connectivity index (χ0) is 21.5. The van der Waals surface area contributed by atoms with Gasteiger partial charge in [0.25, 0.3) is 5.91 Å². The van der Waals surface area contributed by atoms with Gasteiger partial charge in [0.2, 0.25) is 0 Å². The summed E-state index contributed by atoms with van der Waals surface area (Å²) in [5, 5.41) is 2.52. The molecule has 1 fully saturated rings. The van der Waals surface area contributed by atoms with Crippen LogP contribution in [0.4, 0.5) is 0 Å². The van der Waals surface area contributed by atoms with Gasteiger partial charge in [-0.25, -0.2) is 13.2 Å². The fourth-order valence-electron chi connectivity index (χ4n) is 3.70. The summed E-state index contributed by atoms with van der Waals surface area (Å²) in [6.45, 7) is -0.627. The van der Waals surface area contributed by atoms with E-state index in [1.165, 1.54) is 24.3 Å². The highest BCUT2D eigenvalue weighted by Crippen LogP contribution is 2.29. The van der Waals surface area contributed by atoms with Crippen LogP contribution in [0.3, 0.4) is 0 Å². The Kier molecular flexibility index (Phi) is 4.98. The molecule has 0 saturated carbocycles. The zero-order valence-corrected chi connectivity index (χ0v) is 16.5. The normalized spacial score (nSPS) is 19.0. The molecule has 1 heterocycles. The molecule has 2 aromatic rings. The maximum atomic E-state index is 12.9. The van der Waals surface area contributed by atoms with Gasteiger partial charge >= 0.3 is 5.97 Å². The highest BCUT2D eigenvalue weighted by molar-refractivity contribution is 7.91. The molecule has 2 aromatic carbocycles. The molecule has 30 heavy (non-hydrogen) atoms. The van der Waals surface area contributed by atoms with Gasteiger partial charge in [0.05, 0.1) is 17.1 Å². The SMILES string of the molecule is O=C(COC(=O)c1cccc2c1C(=O)c1ccccc1C2=O)N[C@H]1CCS(=O)(=O)C1. The molecule has 0 unspecified atom stereocenters. The Morgan fingerprint density at radius 3 is 2.30 bits per heavy atom. The number of esters is 1. The van der Waals surface area contributed by atoms with Gasteiger partial charge in [0, 0.05) is 28.3 Å². The lowest BCUT2D eigenvalue weighted by atomic mass is 9.82. The van der Waals surface area contributed by atoms with Crippen LogP contribution in [0.2, 0.25) is 0 Å². The molecule has 8 nitrogen and oxygen atoms in total.